The second kappa shape index (κ2) is 10.5. The van der Waals surface area contributed by atoms with Crippen molar-refractivity contribution in [1.82, 2.24) is 19.5 Å². The number of dihydropyridines is 1. The van der Waals surface area contributed by atoms with Crippen molar-refractivity contribution in [3.05, 3.63) is 86.3 Å². The van der Waals surface area contributed by atoms with Gasteiger partial charge in [0.05, 0.1) is 32.6 Å². The first-order valence-electron chi connectivity index (χ1n) is 12.8. The van der Waals surface area contributed by atoms with E-state index < -0.39 is 57.6 Å². The van der Waals surface area contributed by atoms with E-state index in [2.05, 4.69) is 19.9 Å². The monoisotopic (exact) mass is 563 g/mol. The SMILES string of the molecule is [2H]C([2H])(Oc1cc2n(c(=O)c1Cl)C1=C(F)C(c3ccnc(C(C)(C)O)n3)=NC[C@@H]1CCOC2)c1ncc(F)cc1F. The number of aromatic nitrogens is 4. The molecule has 3 aromatic rings. The number of rotatable bonds is 5. The Kier molecular flexibility index (Phi) is 6.59. The zero-order valence-electron chi connectivity index (χ0n) is 22.7. The first kappa shape index (κ1) is 24.4. The van der Waals surface area contributed by atoms with E-state index in [9.17, 15) is 18.7 Å². The summed E-state index contributed by atoms with van der Waals surface area (Å²) in [6.07, 6.45) is 2.31. The second-order valence-electron chi connectivity index (χ2n) is 9.39. The zero-order valence-corrected chi connectivity index (χ0v) is 21.5. The van der Waals surface area contributed by atoms with Gasteiger partial charge in [-0.15, -0.1) is 0 Å². The lowest BCUT2D eigenvalue weighted by Crippen LogP contribution is -2.34. The summed E-state index contributed by atoms with van der Waals surface area (Å²) in [6.45, 7) is 0.0907. The molecule has 0 radical (unpaired) electrons. The van der Waals surface area contributed by atoms with Gasteiger partial charge < -0.3 is 14.6 Å². The third kappa shape index (κ3) is 5.32. The highest BCUT2D eigenvalue weighted by Crippen LogP contribution is 2.35. The molecule has 0 aliphatic carbocycles. The number of halogens is 4. The molecule has 5 heterocycles. The van der Waals surface area contributed by atoms with Crippen LogP contribution in [0, 0.1) is 17.6 Å². The molecule has 9 nitrogen and oxygen atoms in total. The Balaban J connectivity index is 1.62. The minimum absolute atomic E-state index is 0.0376. The fraction of sp³-hybridized carbons (Fsp3) is 0.346. The Morgan fingerprint density at radius 2 is 2.10 bits per heavy atom. The van der Waals surface area contributed by atoms with Crippen LogP contribution in [0.15, 0.2) is 46.2 Å². The maximum Gasteiger partial charge on any atom is 0.277 e. The summed E-state index contributed by atoms with van der Waals surface area (Å²) in [5.41, 5.74) is -3.21. The van der Waals surface area contributed by atoms with Gasteiger partial charge in [-0.25, -0.2) is 23.1 Å². The molecule has 204 valence electrons. The van der Waals surface area contributed by atoms with Gasteiger partial charge in [0.2, 0.25) is 0 Å². The van der Waals surface area contributed by atoms with Crippen LogP contribution < -0.4 is 10.3 Å². The molecule has 0 bridgehead atoms. The third-order valence-corrected chi connectivity index (χ3v) is 6.44. The van der Waals surface area contributed by atoms with Gasteiger partial charge in [-0.3, -0.25) is 19.3 Å². The van der Waals surface area contributed by atoms with Crippen LogP contribution in [0.2, 0.25) is 5.02 Å². The second-order valence-corrected chi connectivity index (χ2v) is 9.77. The molecule has 5 rings (SSSR count). The van der Waals surface area contributed by atoms with Crippen LogP contribution in [0.5, 0.6) is 5.75 Å². The molecule has 13 heteroatoms. The first-order valence-corrected chi connectivity index (χ1v) is 12.2. The van der Waals surface area contributed by atoms with Crippen molar-refractivity contribution in [2.75, 3.05) is 13.2 Å². The molecule has 0 aromatic carbocycles. The average Bonchev–Trinajstić information content (AvgIpc) is 2.88. The molecule has 3 aromatic heterocycles. The topological polar surface area (TPSA) is 112 Å². The van der Waals surface area contributed by atoms with Crippen molar-refractivity contribution in [2.45, 2.75) is 39.0 Å². The van der Waals surface area contributed by atoms with Crippen molar-refractivity contribution < 1.29 is 30.5 Å². The number of ether oxygens (including phenoxy) is 2. The fourth-order valence-corrected chi connectivity index (χ4v) is 4.38. The molecular formula is C26H23ClF3N5O4. The molecule has 0 spiro atoms. The summed E-state index contributed by atoms with van der Waals surface area (Å²) in [7, 11) is 0. The zero-order chi connectivity index (χ0) is 29.7. The van der Waals surface area contributed by atoms with E-state index in [4.69, 9.17) is 23.8 Å². The predicted octanol–water partition coefficient (Wildman–Crippen LogP) is 3.95. The lowest BCUT2D eigenvalue weighted by atomic mass is 9.94. The van der Waals surface area contributed by atoms with E-state index in [1.165, 1.54) is 32.2 Å². The Morgan fingerprint density at radius 1 is 1.31 bits per heavy atom. The van der Waals surface area contributed by atoms with E-state index >= 15 is 4.39 Å². The van der Waals surface area contributed by atoms with Gasteiger partial charge in [0.1, 0.15) is 40.2 Å². The van der Waals surface area contributed by atoms with Crippen molar-refractivity contribution in [2.24, 2.45) is 10.9 Å². The molecule has 1 atom stereocenters. The van der Waals surface area contributed by atoms with Gasteiger partial charge in [-0.2, -0.15) is 0 Å². The van der Waals surface area contributed by atoms with Crippen LogP contribution in [-0.4, -0.2) is 43.5 Å². The molecule has 39 heavy (non-hydrogen) atoms. The fourth-order valence-electron chi connectivity index (χ4n) is 4.20. The van der Waals surface area contributed by atoms with E-state index in [1.807, 2.05) is 0 Å². The molecular weight excluding hydrogens is 539 g/mol. The molecule has 0 amide bonds. The summed E-state index contributed by atoms with van der Waals surface area (Å²) in [5, 5.41) is 9.70. The van der Waals surface area contributed by atoms with Crippen molar-refractivity contribution in [3.8, 4) is 5.75 Å². The number of hydrogen-bond donors (Lipinski definition) is 1. The van der Waals surface area contributed by atoms with Crippen LogP contribution in [-0.2, 0) is 23.5 Å². The van der Waals surface area contributed by atoms with Gasteiger partial charge >= 0.3 is 0 Å². The summed E-state index contributed by atoms with van der Waals surface area (Å²) < 4.78 is 72.2. The normalized spacial score (nSPS) is 18.7. The molecule has 0 saturated heterocycles. The third-order valence-electron chi connectivity index (χ3n) is 6.09. The van der Waals surface area contributed by atoms with Gasteiger partial charge in [0.15, 0.2) is 17.5 Å². The highest BCUT2D eigenvalue weighted by Gasteiger charge is 2.34. The largest absolute Gasteiger partial charge is 0.485 e. The van der Waals surface area contributed by atoms with E-state index in [1.54, 1.807) is 0 Å². The maximum absolute atomic E-state index is 16.3. The number of pyridine rings is 2. The number of aliphatic hydroxyl groups is 1. The lowest BCUT2D eigenvalue weighted by Gasteiger charge is -2.30. The predicted molar refractivity (Wildman–Crippen MR) is 135 cm³/mol. The Labute approximate surface area is 228 Å². The van der Waals surface area contributed by atoms with E-state index in [0.717, 1.165) is 4.57 Å². The van der Waals surface area contributed by atoms with Crippen LogP contribution >= 0.6 is 11.6 Å². The molecule has 1 N–H and O–H groups in total. The van der Waals surface area contributed by atoms with E-state index in [-0.39, 0.29) is 48.4 Å². The summed E-state index contributed by atoms with van der Waals surface area (Å²) in [5.74, 6) is -4.18. The quantitative estimate of drug-likeness (QED) is 0.500. The number of nitrogens with zero attached hydrogens (tertiary/aromatic N) is 5. The van der Waals surface area contributed by atoms with Crippen LogP contribution in [0.3, 0.4) is 0 Å². The van der Waals surface area contributed by atoms with Gasteiger partial charge in [-0.05, 0) is 26.3 Å². The number of allylic oxidation sites excluding steroid dienone is 1. The van der Waals surface area contributed by atoms with Crippen LogP contribution in [0.25, 0.3) is 5.70 Å². The number of fused-ring (bicyclic) bond motifs is 3. The van der Waals surface area contributed by atoms with E-state index in [0.29, 0.717) is 18.7 Å². The van der Waals surface area contributed by atoms with Gasteiger partial charge in [-0.1, -0.05) is 11.6 Å². The van der Waals surface area contributed by atoms with Gasteiger partial charge in [0, 0.05) is 37.4 Å². The van der Waals surface area contributed by atoms with Gasteiger partial charge in [0.25, 0.3) is 5.56 Å². The average molecular weight is 564 g/mol. The number of aliphatic imine (C=N–C) groups is 1. The molecule has 2 aliphatic heterocycles. The van der Waals surface area contributed by atoms with Crippen molar-refractivity contribution in [3.63, 3.8) is 0 Å². The minimum atomic E-state index is -2.96. The summed E-state index contributed by atoms with van der Waals surface area (Å²) >= 11 is 6.32. The minimum Gasteiger partial charge on any atom is -0.485 e. The van der Waals surface area contributed by atoms with Crippen molar-refractivity contribution >= 4 is 23.0 Å². The standard InChI is InChI=1S/C26H23ClF3N5O4/c1-26(2,37)25-31-5-3-17(34-25)22-21(30)23-13(9-33-22)4-6-38-11-15-8-19(20(27)24(36)35(15)23)39-12-18-16(29)7-14(28)10-32-18/h3,5,7-8,10,13,37H,4,6,9,11-12H2,1-2H3/t13-/m0/s1/i12D2. The summed E-state index contributed by atoms with van der Waals surface area (Å²) in [4.78, 5) is 29.7. The highest BCUT2D eigenvalue weighted by atomic mass is 35.5. The first-order chi connectivity index (χ1) is 19.3. The molecule has 0 fully saturated rings. The van der Waals surface area contributed by atoms with Crippen LogP contribution in [0.1, 0.15) is 45.9 Å². The summed E-state index contributed by atoms with van der Waals surface area (Å²) in [6, 6.07) is 3.06. The lowest BCUT2D eigenvalue weighted by molar-refractivity contribution is 0.0686. The van der Waals surface area contributed by atoms with Crippen molar-refractivity contribution in [1.29, 1.82) is 0 Å². The molecule has 2 aliphatic rings. The Morgan fingerprint density at radius 3 is 2.85 bits per heavy atom. The number of hydrogen-bond acceptors (Lipinski definition) is 8. The highest BCUT2D eigenvalue weighted by molar-refractivity contribution is 6.31. The van der Waals surface area contributed by atoms with Crippen LogP contribution in [0.4, 0.5) is 13.2 Å². The maximum atomic E-state index is 16.3. The molecule has 0 unspecified atom stereocenters. The molecule has 0 saturated carbocycles. The Hall–Kier alpha value is -3.61. The Bertz CT molecular complexity index is 1660. The smallest absolute Gasteiger partial charge is 0.277 e.